The van der Waals surface area contributed by atoms with Crippen LogP contribution in [0.15, 0.2) is 53.0 Å². The molecule has 1 aliphatic rings. The van der Waals surface area contributed by atoms with Crippen LogP contribution in [-0.4, -0.2) is 52.5 Å². The summed E-state index contributed by atoms with van der Waals surface area (Å²) < 4.78 is 6.23. The van der Waals surface area contributed by atoms with Gasteiger partial charge in [0.15, 0.2) is 0 Å². The van der Waals surface area contributed by atoms with Crippen molar-refractivity contribution in [1.29, 1.82) is 0 Å². The van der Waals surface area contributed by atoms with E-state index in [1.54, 1.807) is 36.4 Å². The number of hydrogen-bond donors (Lipinski definition) is 2. The first-order chi connectivity index (χ1) is 15.1. The van der Waals surface area contributed by atoms with Crippen LogP contribution < -0.4 is 0 Å². The lowest BCUT2D eigenvalue weighted by Gasteiger charge is -2.19. The molecule has 1 unspecified atom stereocenters. The van der Waals surface area contributed by atoms with Gasteiger partial charge < -0.3 is 14.9 Å². The Morgan fingerprint density at radius 1 is 1.03 bits per heavy atom. The zero-order valence-electron chi connectivity index (χ0n) is 18.9. The molecule has 2 N–H and O–H groups in total. The molecule has 3 rings (SSSR count). The molecule has 2 aromatic rings. The molecule has 1 saturated heterocycles. The lowest BCUT2D eigenvalue weighted by molar-refractivity contribution is -0.138. The van der Waals surface area contributed by atoms with Gasteiger partial charge in [0.05, 0.1) is 18.2 Å². The summed E-state index contributed by atoms with van der Waals surface area (Å²) in [5.41, 5.74) is 1.50. The molecule has 0 saturated carbocycles. The number of carboxylic acids is 1. The molecular formula is C25H32BrNO5. The molecule has 174 valence electrons. The summed E-state index contributed by atoms with van der Waals surface area (Å²) >= 11 is 3.35. The number of ether oxygens (including phenoxy) is 1. The summed E-state index contributed by atoms with van der Waals surface area (Å²) in [5, 5.41) is 18.0. The number of rotatable bonds is 6. The molecule has 32 heavy (non-hydrogen) atoms. The summed E-state index contributed by atoms with van der Waals surface area (Å²) in [6, 6.07) is 14.2. The molecular weight excluding hydrogens is 474 g/mol. The van der Waals surface area contributed by atoms with Gasteiger partial charge in [-0.15, -0.1) is 0 Å². The van der Waals surface area contributed by atoms with Gasteiger partial charge in [-0.3, -0.25) is 9.69 Å². The van der Waals surface area contributed by atoms with Crippen LogP contribution in [0.2, 0.25) is 0 Å². The first-order valence-electron chi connectivity index (χ1n) is 10.7. The fraction of sp³-hybridized carbons (Fsp3) is 0.440. The van der Waals surface area contributed by atoms with Crippen molar-refractivity contribution in [2.24, 2.45) is 0 Å². The van der Waals surface area contributed by atoms with E-state index in [9.17, 15) is 14.7 Å². The summed E-state index contributed by atoms with van der Waals surface area (Å²) in [6.45, 7) is 7.88. The van der Waals surface area contributed by atoms with E-state index >= 15 is 0 Å². The van der Waals surface area contributed by atoms with Crippen LogP contribution in [0.25, 0.3) is 0 Å². The zero-order chi connectivity index (χ0) is 23.7. The fourth-order valence-electron chi connectivity index (χ4n) is 3.32. The van der Waals surface area contributed by atoms with E-state index in [1.807, 2.05) is 37.8 Å². The van der Waals surface area contributed by atoms with Crippen molar-refractivity contribution in [3.8, 4) is 0 Å². The van der Waals surface area contributed by atoms with Gasteiger partial charge >= 0.3 is 11.9 Å². The van der Waals surface area contributed by atoms with Gasteiger partial charge in [-0.25, -0.2) is 4.79 Å². The number of hydrogen-bond acceptors (Lipinski definition) is 5. The third kappa shape index (κ3) is 8.73. The first kappa shape index (κ1) is 26.0. The normalized spacial score (nSPS) is 14.9. The minimum atomic E-state index is -0.876. The highest BCUT2D eigenvalue weighted by Crippen LogP contribution is 2.24. The molecule has 6 nitrogen and oxygen atoms in total. The van der Waals surface area contributed by atoms with Crippen molar-refractivity contribution in [1.82, 2.24) is 4.90 Å². The van der Waals surface area contributed by atoms with Gasteiger partial charge in [0.25, 0.3) is 0 Å². The van der Waals surface area contributed by atoms with Crippen LogP contribution in [0.1, 0.15) is 61.0 Å². The molecule has 0 aliphatic carbocycles. The van der Waals surface area contributed by atoms with E-state index in [0.29, 0.717) is 12.0 Å². The number of benzene rings is 2. The maximum atomic E-state index is 12.0. The summed E-state index contributed by atoms with van der Waals surface area (Å²) in [7, 11) is 0. The maximum absolute atomic E-state index is 12.0. The van der Waals surface area contributed by atoms with Crippen molar-refractivity contribution in [2.75, 3.05) is 19.8 Å². The molecule has 2 aromatic carbocycles. The van der Waals surface area contributed by atoms with Crippen molar-refractivity contribution in [2.45, 2.75) is 51.6 Å². The third-order valence-corrected chi connectivity index (χ3v) is 5.53. The number of carbonyl (C=O) groups excluding carboxylic acids is 1. The van der Waals surface area contributed by atoms with E-state index in [2.05, 4.69) is 15.9 Å². The lowest BCUT2D eigenvalue weighted by atomic mass is 9.92. The van der Waals surface area contributed by atoms with Crippen LogP contribution in [0, 0.1) is 0 Å². The second kappa shape index (κ2) is 12.1. The van der Waals surface area contributed by atoms with E-state index < -0.39 is 17.5 Å². The van der Waals surface area contributed by atoms with Crippen molar-refractivity contribution < 1.29 is 24.5 Å². The fourth-order valence-corrected chi connectivity index (χ4v) is 3.58. The number of nitrogens with zero attached hydrogens (tertiary/aromatic N) is 1. The molecule has 0 radical (unpaired) electrons. The summed E-state index contributed by atoms with van der Waals surface area (Å²) in [6.07, 6.45) is 2.88. The lowest BCUT2D eigenvalue weighted by Crippen LogP contribution is -2.23. The second-order valence-corrected chi connectivity index (χ2v) is 9.73. The monoisotopic (exact) mass is 505 g/mol. The number of carbonyl (C=O) groups is 2. The molecule has 0 bridgehead atoms. The molecule has 1 aliphatic heterocycles. The van der Waals surface area contributed by atoms with Crippen LogP contribution in [0.4, 0.5) is 0 Å². The number of aliphatic carboxylic acids is 1. The Morgan fingerprint density at radius 3 is 2.03 bits per heavy atom. The van der Waals surface area contributed by atoms with Gasteiger partial charge in [-0.05, 0) is 75.4 Å². The number of carboxylic acid groups (broad SMARTS) is 1. The van der Waals surface area contributed by atoms with Crippen molar-refractivity contribution in [3.63, 3.8) is 0 Å². The minimum absolute atomic E-state index is 0.250. The molecule has 0 amide bonds. The van der Waals surface area contributed by atoms with E-state index in [4.69, 9.17) is 9.84 Å². The Bertz CT molecular complexity index is 869. The predicted octanol–water partition coefficient (Wildman–Crippen LogP) is 4.85. The van der Waals surface area contributed by atoms with Crippen molar-refractivity contribution >= 4 is 27.9 Å². The topological polar surface area (TPSA) is 87.1 Å². The van der Waals surface area contributed by atoms with E-state index in [1.165, 1.54) is 12.8 Å². The summed E-state index contributed by atoms with van der Waals surface area (Å²) in [4.78, 5) is 25.7. The molecule has 1 fully saturated rings. The zero-order valence-corrected chi connectivity index (χ0v) is 20.5. The number of likely N-dealkylation sites (tertiary alicyclic amines) is 1. The molecule has 1 heterocycles. The highest BCUT2D eigenvalue weighted by Gasteiger charge is 2.21. The number of halogens is 1. The Kier molecular flexibility index (Phi) is 9.87. The van der Waals surface area contributed by atoms with Gasteiger partial charge in [0.1, 0.15) is 5.60 Å². The van der Waals surface area contributed by atoms with Crippen molar-refractivity contribution in [3.05, 3.63) is 69.7 Å². The molecule has 7 heteroatoms. The van der Waals surface area contributed by atoms with Gasteiger partial charge in [0.2, 0.25) is 0 Å². The smallest absolute Gasteiger partial charge is 0.338 e. The average molecular weight is 506 g/mol. The Balaban J connectivity index is 0.000000439. The number of esters is 1. The third-order valence-electron chi connectivity index (χ3n) is 5.00. The molecule has 0 spiro atoms. The van der Waals surface area contributed by atoms with Gasteiger partial charge in [0, 0.05) is 17.6 Å². The minimum Gasteiger partial charge on any atom is -0.481 e. The Labute approximate surface area is 198 Å². The van der Waals surface area contributed by atoms with E-state index in [0.717, 1.165) is 28.7 Å². The van der Waals surface area contributed by atoms with Crippen LogP contribution in [0.5, 0.6) is 0 Å². The quantitative estimate of drug-likeness (QED) is 0.545. The SMILES string of the molecule is CC(C)(C)OC(=O)c1ccc(CC(C(=O)O)c2ccc(Br)cc2)cc1.OCN1CCCC1. The summed E-state index contributed by atoms with van der Waals surface area (Å²) in [5.74, 6) is -1.90. The molecule has 1 atom stereocenters. The van der Waals surface area contributed by atoms with E-state index in [-0.39, 0.29) is 12.7 Å². The molecule has 0 aromatic heterocycles. The van der Waals surface area contributed by atoms with Crippen LogP contribution >= 0.6 is 15.9 Å². The predicted molar refractivity (Wildman–Crippen MR) is 128 cm³/mol. The highest BCUT2D eigenvalue weighted by atomic mass is 79.9. The van der Waals surface area contributed by atoms with Crippen LogP contribution in [-0.2, 0) is 16.0 Å². The van der Waals surface area contributed by atoms with Gasteiger partial charge in [-0.2, -0.15) is 0 Å². The average Bonchev–Trinajstić information content (AvgIpc) is 3.26. The standard InChI is InChI=1S/C20H21BrO4.C5H11NO/c1-20(2,3)25-19(24)15-6-4-13(5-7-15)12-17(18(22)23)14-8-10-16(21)11-9-14;7-5-6-3-1-2-4-6/h4-11,17H,12H2,1-3H3,(H,22,23);7H,1-5H2. The van der Waals surface area contributed by atoms with Gasteiger partial charge in [-0.1, -0.05) is 40.2 Å². The first-order valence-corrected chi connectivity index (χ1v) is 11.5. The number of aliphatic hydroxyl groups excluding tert-OH is 1. The Hall–Kier alpha value is -2.22. The Morgan fingerprint density at radius 2 is 1.59 bits per heavy atom. The largest absolute Gasteiger partial charge is 0.481 e. The number of aliphatic hydroxyl groups is 1. The second-order valence-electron chi connectivity index (χ2n) is 8.81. The van der Waals surface area contributed by atoms with Crippen LogP contribution in [0.3, 0.4) is 0 Å². The maximum Gasteiger partial charge on any atom is 0.338 e. The highest BCUT2D eigenvalue weighted by molar-refractivity contribution is 9.10.